The monoisotopic (exact) mass is 389 g/mol. The molecule has 2 aromatic heterocycles. The molecule has 0 unspecified atom stereocenters. The van der Waals surface area contributed by atoms with E-state index in [4.69, 9.17) is 10.5 Å². The van der Waals surface area contributed by atoms with Gasteiger partial charge >= 0.3 is 0 Å². The van der Waals surface area contributed by atoms with E-state index in [0.717, 1.165) is 41.1 Å². The molecule has 2 N–H and O–H groups in total. The fraction of sp³-hybridized carbons (Fsp3) is 0.273. The second-order valence-electron chi connectivity index (χ2n) is 7.14. The summed E-state index contributed by atoms with van der Waals surface area (Å²) in [6.07, 6.45) is 6.30. The number of hydrogen-bond donors (Lipinski definition) is 1. The summed E-state index contributed by atoms with van der Waals surface area (Å²) in [4.78, 5) is 27.5. The molecule has 0 spiro atoms. The maximum absolute atomic E-state index is 12.8. The molecule has 1 aliphatic heterocycles. The van der Waals surface area contributed by atoms with Crippen molar-refractivity contribution >= 4 is 11.7 Å². The number of anilines is 1. The highest BCUT2D eigenvalue weighted by molar-refractivity contribution is 5.79. The molecule has 1 aromatic carbocycles. The van der Waals surface area contributed by atoms with E-state index < -0.39 is 0 Å². The van der Waals surface area contributed by atoms with Gasteiger partial charge in [0.25, 0.3) is 0 Å². The lowest BCUT2D eigenvalue weighted by Crippen LogP contribution is -2.30. The first kappa shape index (κ1) is 18.9. The summed E-state index contributed by atoms with van der Waals surface area (Å²) in [6, 6.07) is 11.3. The molecule has 1 fully saturated rings. The Morgan fingerprint density at radius 1 is 1.24 bits per heavy atom. The largest absolute Gasteiger partial charge is 0.497 e. The number of carbonyl (C=O) groups is 1. The van der Waals surface area contributed by atoms with Crippen LogP contribution in [0.15, 0.2) is 55.1 Å². The van der Waals surface area contributed by atoms with Gasteiger partial charge in [0.2, 0.25) is 5.91 Å². The zero-order valence-electron chi connectivity index (χ0n) is 16.3. The number of likely N-dealkylation sites (tertiary alicyclic amines) is 1. The number of ether oxygens (including phenoxy) is 1. The van der Waals surface area contributed by atoms with Crippen LogP contribution >= 0.6 is 0 Å². The molecule has 7 heteroatoms. The van der Waals surface area contributed by atoms with Gasteiger partial charge in [0, 0.05) is 37.0 Å². The van der Waals surface area contributed by atoms with Gasteiger partial charge in [-0.25, -0.2) is 15.0 Å². The number of nitrogens with zero attached hydrogens (tertiary/aromatic N) is 4. The molecule has 148 valence electrons. The summed E-state index contributed by atoms with van der Waals surface area (Å²) in [5.74, 6) is 1.54. The average molecular weight is 389 g/mol. The molecule has 7 nitrogen and oxygen atoms in total. The first-order valence-corrected chi connectivity index (χ1v) is 9.56. The molecular weight excluding hydrogens is 366 g/mol. The topological polar surface area (TPSA) is 94.2 Å². The molecule has 1 aliphatic rings. The summed E-state index contributed by atoms with van der Waals surface area (Å²) < 4.78 is 5.17. The SMILES string of the molecule is COc1ccc(CC(=O)N2CC[C@H](c3ncncc3-c3ccnc(N)c3)C2)cc1. The van der Waals surface area contributed by atoms with Crippen LogP contribution in [0, 0.1) is 0 Å². The number of amides is 1. The van der Waals surface area contributed by atoms with Gasteiger partial charge in [-0.1, -0.05) is 12.1 Å². The summed E-state index contributed by atoms with van der Waals surface area (Å²) in [5, 5.41) is 0. The molecule has 3 heterocycles. The van der Waals surface area contributed by atoms with Crippen molar-refractivity contribution in [1.29, 1.82) is 0 Å². The van der Waals surface area contributed by atoms with E-state index in [-0.39, 0.29) is 11.8 Å². The summed E-state index contributed by atoms with van der Waals surface area (Å²) in [5.41, 5.74) is 9.65. The van der Waals surface area contributed by atoms with E-state index in [1.165, 1.54) is 0 Å². The van der Waals surface area contributed by atoms with Crippen LogP contribution < -0.4 is 10.5 Å². The Kier molecular flexibility index (Phi) is 5.37. The smallest absolute Gasteiger partial charge is 0.227 e. The Balaban J connectivity index is 1.48. The lowest BCUT2D eigenvalue weighted by atomic mass is 9.96. The predicted molar refractivity (Wildman–Crippen MR) is 110 cm³/mol. The number of hydrogen-bond acceptors (Lipinski definition) is 6. The third kappa shape index (κ3) is 4.18. The maximum atomic E-state index is 12.8. The fourth-order valence-corrected chi connectivity index (χ4v) is 3.74. The predicted octanol–water partition coefficient (Wildman–Crippen LogP) is 2.69. The third-order valence-electron chi connectivity index (χ3n) is 5.28. The second-order valence-corrected chi connectivity index (χ2v) is 7.14. The maximum Gasteiger partial charge on any atom is 0.227 e. The fourth-order valence-electron chi connectivity index (χ4n) is 3.74. The van der Waals surface area contributed by atoms with Crippen LogP contribution in [0.5, 0.6) is 5.75 Å². The van der Waals surface area contributed by atoms with Crippen molar-refractivity contribution in [2.24, 2.45) is 0 Å². The number of pyridine rings is 1. The minimum atomic E-state index is 0.126. The Morgan fingerprint density at radius 2 is 2.07 bits per heavy atom. The van der Waals surface area contributed by atoms with Crippen LogP contribution in [0.3, 0.4) is 0 Å². The van der Waals surface area contributed by atoms with E-state index in [2.05, 4.69) is 15.0 Å². The Labute approximate surface area is 169 Å². The molecule has 0 aliphatic carbocycles. The molecule has 29 heavy (non-hydrogen) atoms. The van der Waals surface area contributed by atoms with Crippen molar-refractivity contribution in [3.05, 3.63) is 66.4 Å². The zero-order valence-corrected chi connectivity index (χ0v) is 16.3. The summed E-state index contributed by atoms with van der Waals surface area (Å²) >= 11 is 0. The van der Waals surface area contributed by atoms with Crippen molar-refractivity contribution < 1.29 is 9.53 Å². The Morgan fingerprint density at radius 3 is 2.83 bits per heavy atom. The lowest BCUT2D eigenvalue weighted by molar-refractivity contribution is -0.129. The van der Waals surface area contributed by atoms with Crippen molar-refractivity contribution in [2.45, 2.75) is 18.8 Å². The number of nitrogen functional groups attached to an aromatic ring is 1. The quantitative estimate of drug-likeness (QED) is 0.721. The molecule has 0 bridgehead atoms. The van der Waals surface area contributed by atoms with Gasteiger partial charge in [0.1, 0.15) is 17.9 Å². The Bertz CT molecular complexity index is 1010. The number of nitrogens with two attached hydrogens (primary N) is 1. The summed E-state index contributed by atoms with van der Waals surface area (Å²) in [7, 11) is 1.63. The van der Waals surface area contributed by atoms with Gasteiger partial charge in [0.15, 0.2) is 0 Å². The van der Waals surface area contributed by atoms with Crippen molar-refractivity contribution in [1.82, 2.24) is 19.9 Å². The number of benzene rings is 1. The van der Waals surface area contributed by atoms with Gasteiger partial charge < -0.3 is 15.4 Å². The highest BCUT2D eigenvalue weighted by Gasteiger charge is 2.30. The molecule has 1 atom stereocenters. The standard InChI is InChI=1S/C22H23N5O2/c1-29-18-4-2-15(3-5-18)10-21(28)27-9-7-17(13-27)22-19(12-24-14-26-22)16-6-8-25-20(23)11-16/h2-6,8,11-12,14,17H,7,9-10,13H2,1H3,(H2,23,25)/t17-/m0/s1. The van der Waals surface area contributed by atoms with Crippen molar-refractivity contribution in [2.75, 3.05) is 25.9 Å². The van der Waals surface area contributed by atoms with E-state index in [1.54, 1.807) is 25.8 Å². The molecular formula is C22H23N5O2. The van der Waals surface area contributed by atoms with Crippen LogP contribution in [0.1, 0.15) is 23.6 Å². The van der Waals surface area contributed by atoms with Crippen LogP contribution in [0.25, 0.3) is 11.1 Å². The average Bonchev–Trinajstić information content (AvgIpc) is 3.25. The minimum absolute atomic E-state index is 0.126. The minimum Gasteiger partial charge on any atom is -0.497 e. The third-order valence-corrected chi connectivity index (χ3v) is 5.28. The molecule has 1 amide bonds. The number of rotatable bonds is 5. The van der Waals surface area contributed by atoms with Crippen LogP contribution in [-0.2, 0) is 11.2 Å². The van der Waals surface area contributed by atoms with Crippen LogP contribution in [-0.4, -0.2) is 46.0 Å². The van der Waals surface area contributed by atoms with Crippen molar-refractivity contribution in [3.63, 3.8) is 0 Å². The van der Waals surface area contributed by atoms with E-state index in [9.17, 15) is 4.79 Å². The first-order chi connectivity index (χ1) is 14.1. The van der Waals surface area contributed by atoms with Crippen LogP contribution in [0.2, 0.25) is 0 Å². The van der Waals surface area contributed by atoms with E-state index >= 15 is 0 Å². The highest BCUT2D eigenvalue weighted by Crippen LogP contribution is 2.33. The first-order valence-electron chi connectivity index (χ1n) is 9.56. The summed E-state index contributed by atoms with van der Waals surface area (Å²) in [6.45, 7) is 1.38. The van der Waals surface area contributed by atoms with E-state index in [1.807, 2.05) is 41.3 Å². The molecule has 1 saturated heterocycles. The number of carbonyl (C=O) groups excluding carboxylic acids is 1. The van der Waals surface area contributed by atoms with E-state index in [0.29, 0.717) is 18.8 Å². The van der Waals surface area contributed by atoms with Gasteiger partial charge in [-0.15, -0.1) is 0 Å². The Hall–Kier alpha value is -3.48. The van der Waals surface area contributed by atoms with Crippen LogP contribution in [0.4, 0.5) is 5.82 Å². The molecule has 4 rings (SSSR count). The molecule has 0 radical (unpaired) electrons. The highest BCUT2D eigenvalue weighted by atomic mass is 16.5. The second kappa shape index (κ2) is 8.26. The van der Waals surface area contributed by atoms with Gasteiger partial charge in [-0.3, -0.25) is 4.79 Å². The molecule has 3 aromatic rings. The van der Waals surface area contributed by atoms with Gasteiger partial charge in [0.05, 0.1) is 19.2 Å². The number of methoxy groups -OCH3 is 1. The number of aromatic nitrogens is 3. The molecule has 0 saturated carbocycles. The normalized spacial score (nSPS) is 16.0. The van der Waals surface area contributed by atoms with Gasteiger partial charge in [-0.2, -0.15) is 0 Å². The van der Waals surface area contributed by atoms with Gasteiger partial charge in [-0.05, 0) is 41.8 Å². The van der Waals surface area contributed by atoms with Crippen molar-refractivity contribution in [3.8, 4) is 16.9 Å². The zero-order chi connectivity index (χ0) is 20.2. The lowest BCUT2D eigenvalue weighted by Gasteiger charge is -2.18.